The lowest BCUT2D eigenvalue weighted by Gasteiger charge is -2.48. The summed E-state index contributed by atoms with van der Waals surface area (Å²) in [6.45, 7) is 49.6. The van der Waals surface area contributed by atoms with Crippen molar-refractivity contribution in [3.8, 4) is 0 Å². The van der Waals surface area contributed by atoms with Gasteiger partial charge in [-0.15, -0.1) is 0 Å². The molecule has 18 aliphatic rings. The molecule has 0 aromatic carbocycles. The maximum Gasteiger partial charge on any atom is 0.312 e. The van der Waals surface area contributed by atoms with Crippen molar-refractivity contribution in [2.75, 3.05) is 0 Å². The van der Waals surface area contributed by atoms with Gasteiger partial charge in [0.25, 0.3) is 0 Å². The molecule has 18 saturated carbocycles. The van der Waals surface area contributed by atoms with E-state index >= 15 is 0 Å². The van der Waals surface area contributed by atoms with Crippen molar-refractivity contribution >= 4 is 41.8 Å². The Kier molecular flexibility index (Phi) is 32.8. The minimum Gasteiger partial charge on any atom is -0.459 e. The summed E-state index contributed by atoms with van der Waals surface area (Å²) < 4.78 is 41.8. The molecule has 18 aliphatic carbocycles. The first-order chi connectivity index (χ1) is 59.4. The first-order valence-electron chi connectivity index (χ1n) is 54.0. The topological polar surface area (TPSA) is 184 Å². The lowest BCUT2D eigenvalue weighted by Crippen LogP contribution is -2.49. The van der Waals surface area contributed by atoms with Gasteiger partial charge < -0.3 is 33.2 Å². The first-order valence-corrected chi connectivity index (χ1v) is 54.0. The van der Waals surface area contributed by atoms with Gasteiger partial charge in [-0.2, -0.15) is 0 Å². The van der Waals surface area contributed by atoms with Crippen LogP contribution < -0.4 is 0 Å². The van der Waals surface area contributed by atoms with Gasteiger partial charge in [-0.3, -0.25) is 33.6 Å². The van der Waals surface area contributed by atoms with E-state index < -0.39 is 0 Å². The van der Waals surface area contributed by atoms with E-state index in [1.54, 1.807) is 0 Å². The van der Waals surface area contributed by atoms with Crippen molar-refractivity contribution in [1.82, 2.24) is 0 Å². The molecule has 126 heavy (non-hydrogen) atoms. The minimum absolute atomic E-state index is 0.00345. The largest absolute Gasteiger partial charge is 0.459 e. The SMILES string of the molecule is CCC(C)(C)C(=O)OC1(C)CC2CC1C1CCCC21.CCC(C)(C)C(=O)OC1(C)CC2CCC1C2.CCC(C)(C)C(=O)OC1(C)CCCC2CCCCC21.CCC(C)C(=O)OC1(C)CC2CC1C1CCCC21.CCC(C)C(=O)OC1(C)CC2CCC1C2.CCC(C)C(=O)OC1(C)CCCC2CCCCC21.CCC(C)C(=O)OC1(CC)CC2CC1C1C3CCC(C3)C21. The third kappa shape index (κ3) is 21.3. The zero-order chi connectivity index (χ0) is 91.8. The molecule has 0 aromatic rings. The Balaban J connectivity index is 0.000000134. The van der Waals surface area contributed by atoms with E-state index in [0.717, 1.165) is 179 Å². The van der Waals surface area contributed by atoms with Crippen LogP contribution in [-0.2, 0) is 66.7 Å². The minimum atomic E-state index is -0.343. The van der Waals surface area contributed by atoms with Gasteiger partial charge in [0, 0.05) is 29.6 Å². The summed E-state index contributed by atoms with van der Waals surface area (Å²) in [6.07, 6.45) is 55.1. The number of fused-ring (bicyclic) bond motifs is 25. The predicted octanol–water partition coefficient (Wildman–Crippen LogP) is 28.1. The van der Waals surface area contributed by atoms with E-state index in [0.29, 0.717) is 41.4 Å². The van der Waals surface area contributed by atoms with Crippen LogP contribution in [0.4, 0.5) is 0 Å². The third-order valence-electron chi connectivity index (χ3n) is 40.7. The van der Waals surface area contributed by atoms with E-state index in [2.05, 4.69) is 83.1 Å². The van der Waals surface area contributed by atoms with E-state index in [1.165, 1.54) is 199 Å². The van der Waals surface area contributed by atoms with Crippen LogP contribution in [0.15, 0.2) is 0 Å². The lowest BCUT2D eigenvalue weighted by atomic mass is 9.63. The molecule has 0 aromatic heterocycles. The molecule has 0 amide bonds. The molecule has 0 N–H and O–H groups in total. The van der Waals surface area contributed by atoms with Crippen LogP contribution in [0.2, 0.25) is 0 Å². The van der Waals surface area contributed by atoms with Crippen molar-refractivity contribution in [3.05, 3.63) is 0 Å². The highest BCUT2D eigenvalue weighted by molar-refractivity contribution is 5.78. The fourth-order valence-electron chi connectivity index (χ4n) is 30.9. The van der Waals surface area contributed by atoms with Crippen LogP contribution >= 0.6 is 0 Å². The maximum absolute atomic E-state index is 12.4. The molecule has 33 unspecified atom stereocenters. The zero-order valence-electron chi connectivity index (χ0n) is 85.0. The van der Waals surface area contributed by atoms with Gasteiger partial charge in [-0.1, -0.05) is 134 Å². The monoisotopic (exact) mass is 1760 g/mol. The van der Waals surface area contributed by atoms with E-state index in [1.807, 2.05) is 83.1 Å². The average molecular weight is 1760 g/mol. The molecular formula is C112H188O14. The maximum atomic E-state index is 12.4. The number of ether oxygens (including phenoxy) is 7. The summed E-state index contributed by atoms with van der Waals surface area (Å²) in [7, 11) is 0. The second-order valence-electron chi connectivity index (χ2n) is 49.8. The molecule has 12 bridgehead atoms. The Morgan fingerprint density at radius 1 is 0.286 bits per heavy atom. The summed E-state index contributed by atoms with van der Waals surface area (Å²) in [4.78, 5) is 85.3. The smallest absolute Gasteiger partial charge is 0.312 e. The number of carbonyl (C=O) groups is 7. The average Bonchev–Trinajstić information content (AvgIpc) is 1.53. The molecule has 0 aliphatic heterocycles. The van der Waals surface area contributed by atoms with Crippen LogP contribution in [0.25, 0.3) is 0 Å². The Morgan fingerprint density at radius 3 is 1.02 bits per heavy atom. The van der Waals surface area contributed by atoms with E-state index in [-0.39, 0.29) is 121 Å². The predicted molar refractivity (Wildman–Crippen MR) is 504 cm³/mol. The summed E-state index contributed by atoms with van der Waals surface area (Å²) in [5.41, 5.74) is -2.09. The van der Waals surface area contributed by atoms with Crippen molar-refractivity contribution in [2.24, 2.45) is 170 Å². The molecule has 14 nitrogen and oxygen atoms in total. The van der Waals surface area contributed by atoms with Crippen LogP contribution in [0, 0.1) is 170 Å². The van der Waals surface area contributed by atoms with Crippen LogP contribution in [-0.4, -0.2) is 81.0 Å². The lowest BCUT2D eigenvalue weighted by molar-refractivity contribution is -0.185. The Labute approximate surface area is 768 Å². The van der Waals surface area contributed by atoms with E-state index in [9.17, 15) is 33.6 Å². The Bertz CT molecular complexity index is 3670. The Hall–Kier alpha value is -3.71. The first kappa shape index (κ1) is 101. The number of esters is 7. The normalized spacial score (nSPS) is 42.3. The second kappa shape index (κ2) is 40.8. The zero-order valence-corrected chi connectivity index (χ0v) is 85.0. The van der Waals surface area contributed by atoms with Crippen molar-refractivity contribution in [1.29, 1.82) is 0 Å². The molecule has 0 saturated heterocycles. The van der Waals surface area contributed by atoms with Crippen molar-refractivity contribution in [3.63, 3.8) is 0 Å². The summed E-state index contributed by atoms with van der Waals surface area (Å²) in [5, 5.41) is 0. The number of rotatable bonds is 22. The molecule has 0 radical (unpaired) electrons. The molecule has 0 spiro atoms. The van der Waals surface area contributed by atoms with Gasteiger partial charge in [-0.25, -0.2) is 0 Å². The summed E-state index contributed by atoms with van der Waals surface area (Å²) in [5.74, 6) is 18.1. The number of hydrogen-bond acceptors (Lipinski definition) is 14. The summed E-state index contributed by atoms with van der Waals surface area (Å²) in [6, 6.07) is 0. The highest BCUT2D eigenvalue weighted by Gasteiger charge is 2.69. The molecular weight excluding hydrogens is 1570 g/mol. The van der Waals surface area contributed by atoms with Gasteiger partial charge in [0.05, 0.1) is 39.9 Å². The van der Waals surface area contributed by atoms with Gasteiger partial charge in [0.1, 0.15) is 39.2 Å². The molecule has 33 atom stereocenters. The van der Waals surface area contributed by atoms with Crippen LogP contribution in [0.3, 0.4) is 0 Å². The molecule has 18 rings (SSSR count). The highest BCUT2D eigenvalue weighted by atomic mass is 16.6. The molecule has 14 heteroatoms. The fraction of sp³-hybridized carbons (Fsp3) is 0.938. The van der Waals surface area contributed by atoms with Gasteiger partial charge in [0.2, 0.25) is 0 Å². The second-order valence-corrected chi connectivity index (χ2v) is 49.8. The summed E-state index contributed by atoms with van der Waals surface area (Å²) >= 11 is 0. The van der Waals surface area contributed by atoms with Crippen molar-refractivity contribution < 1.29 is 66.7 Å². The fourth-order valence-corrected chi connectivity index (χ4v) is 30.9. The van der Waals surface area contributed by atoms with Gasteiger partial charge >= 0.3 is 41.8 Å². The number of carbonyl (C=O) groups excluding carboxylic acids is 7. The van der Waals surface area contributed by atoms with Gasteiger partial charge in [0.15, 0.2) is 0 Å². The molecule has 720 valence electrons. The third-order valence-corrected chi connectivity index (χ3v) is 40.7. The van der Waals surface area contributed by atoms with Crippen LogP contribution in [0.5, 0.6) is 0 Å². The molecule has 0 heterocycles. The molecule has 18 fully saturated rings. The van der Waals surface area contributed by atoms with Crippen LogP contribution in [0.1, 0.15) is 455 Å². The highest BCUT2D eigenvalue weighted by Crippen LogP contribution is 2.72. The van der Waals surface area contributed by atoms with Crippen molar-refractivity contribution in [2.45, 2.75) is 494 Å². The van der Waals surface area contributed by atoms with E-state index in [4.69, 9.17) is 33.2 Å². The quantitative estimate of drug-likeness (QED) is 0.0566. The standard InChI is InChI=1S/C19H30O2.C17H28O2.C17H30O2.C16H26O2.C16H28O2.C14H24O2.C13H22O2/c1-4-11(3)18(20)21-19(5-2)10-14-9-15(19)17-13-7-6-12(8-13)16(14)17;1-5-16(2,3)15(18)19-17(4)10-11-9-14(17)13-8-6-7-12(11)13;1-5-16(2,3)15(18)19-17(4)12-8-10-13-9-6-7-11-14(13)17;1-4-10(2)15(17)18-16(3)9-11-8-14(16)13-7-5-6-12(11)13;1-4-12(2)15(17)18-16(3)11-7-9-13-8-5-6-10-14(13)16;1-5-13(2,3)12(15)16-14(4)9-10-6-7-11(14)8-10;1-4-9(2)12(14)15-13(3)8-10-5-6-11(13)7-10/h11-17H,4-10H2,1-3H3;11-14H,5-10H2,1-4H3;13-14H,5-12H2,1-4H3;10-14H,4-9H2,1-3H3;12-14H,4-11H2,1-3H3;10-11H,5-9H2,1-4H3;9-11H,4-8H2,1-3H3. The number of hydrogen-bond donors (Lipinski definition) is 0. The Morgan fingerprint density at radius 2 is 0.627 bits per heavy atom. The van der Waals surface area contributed by atoms with Gasteiger partial charge in [-0.05, 0) is 421 Å².